The molecular formula is C20H21BrN2O3. The number of nitrogens with zero attached hydrogens (tertiary/aromatic N) is 1. The number of halogens is 1. The van der Waals surface area contributed by atoms with Gasteiger partial charge in [-0.2, -0.15) is 0 Å². The van der Waals surface area contributed by atoms with Gasteiger partial charge in [-0.15, -0.1) is 0 Å². The molecule has 0 aromatic heterocycles. The molecular weight excluding hydrogens is 396 g/mol. The monoisotopic (exact) mass is 416 g/mol. The number of rotatable bonds is 4. The van der Waals surface area contributed by atoms with Crippen LogP contribution in [0.1, 0.15) is 18.4 Å². The summed E-state index contributed by atoms with van der Waals surface area (Å²) >= 11 is 3.47. The number of likely N-dealkylation sites (tertiary alicyclic amines) is 1. The summed E-state index contributed by atoms with van der Waals surface area (Å²) in [6.45, 7) is 3.05. The fourth-order valence-corrected chi connectivity index (χ4v) is 3.68. The molecule has 0 spiro atoms. The lowest BCUT2D eigenvalue weighted by Crippen LogP contribution is -2.37. The zero-order valence-electron chi connectivity index (χ0n) is 14.4. The maximum atomic E-state index is 12.6. The summed E-state index contributed by atoms with van der Waals surface area (Å²) in [5.74, 6) is 1.56. The molecule has 2 aromatic carbocycles. The van der Waals surface area contributed by atoms with Crippen LogP contribution in [0.25, 0.3) is 0 Å². The zero-order chi connectivity index (χ0) is 17.9. The summed E-state index contributed by atoms with van der Waals surface area (Å²) in [6, 6.07) is 13.9. The van der Waals surface area contributed by atoms with Gasteiger partial charge in [0.1, 0.15) is 0 Å². The van der Waals surface area contributed by atoms with Crippen molar-refractivity contribution >= 4 is 27.5 Å². The molecule has 6 heteroatoms. The molecule has 2 aliphatic heterocycles. The van der Waals surface area contributed by atoms with Gasteiger partial charge in [0.15, 0.2) is 11.5 Å². The van der Waals surface area contributed by atoms with Gasteiger partial charge < -0.3 is 14.8 Å². The van der Waals surface area contributed by atoms with Crippen LogP contribution in [0.2, 0.25) is 0 Å². The number of piperidine rings is 1. The number of carbonyl (C=O) groups excluding carboxylic acids is 1. The maximum Gasteiger partial charge on any atom is 0.231 e. The predicted molar refractivity (Wildman–Crippen MR) is 103 cm³/mol. The van der Waals surface area contributed by atoms with Crippen molar-refractivity contribution in [3.05, 3.63) is 52.5 Å². The lowest BCUT2D eigenvalue weighted by Gasteiger charge is -2.31. The van der Waals surface area contributed by atoms with Crippen molar-refractivity contribution in [1.82, 2.24) is 4.90 Å². The molecule has 0 bridgehead atoms. The Morgan fingerprint density at radius 3 is 2.58 bits per heavy atom. The standard InChI is InChI=1S/C20H21BrN2O3/c21-16-3-1-14(2-4-16)12-23-9-7-15(8-10-23)20(24)22-17-5-6-18-19(11-17)26-13-25-18/h1-6,11,15H,7-10,12-13H2,(H,22,24). The third kappa shape index (κ3) is 4.02. The van der Waals surface area contributed by atoms with Crippen LogP contribution in [0.15, 0.2) is 46.9 Å². The average molecular weight is 417 g/mol. The van der Waals surface area contributed by atoms with Crippen LogP contribution in [0.5, 0.6) is 11.5 Å². The number of hydrogen-bond acceptors (Lipinski definition) is 4. The number of fused-ring (bicyclic) bond motifs is 1. The number of ether oxygens (including phenoxy) is 2. The van der Waals surface area contributed by atoms with Crippen molar-refractivity contribution in [3.63, 3.8) is 0 Å². The molecule has 1 saturated heterocycles. The smallest absolute Gasteiger partial charge is 0.231 e. The Morgan fingerprint density at radius 2 is 1.81 bits per heavy atom. The Kier molecular flexibility index (Phi) is 5.13. The second-order valence-corrected chi connectivity index (χ2v) is 7.65. The van der Waals surface area contributed by atoms with Gasteiger partial charge >= 0.3 is 0 Å². The third-order valence-electron chi connectivity index (χ3n) is 4.92. The summed E-state index contributed by atoms with van der Waals surface area (Å²) in [6.07, 6.45) is 1.76. The zero-order valence-corrected chi connectivity index (χ0v) is 16.0. The van der Waals surface area contributed by atoms with E-state index >= 15 is 0 Å². The van der Waals surface area contributed by atoms with Gasteiger partial charge in [-0.1, -0.05) is 28.1 Å². The molecule has 5 nitrogen and oxygen atoms in total. The van der Waals surface area contributed by atoms with Crippen molar-refractivity contribution < 1.29 is 14.3 Å². The van der Waals surface area contributed by atoms with Gasteiger partial charge in [-0.3, -0.25) is 9.69 Å². The fraction of sp³-hybridized carbons (Fsp3) is 0.350. The van der Waals surface area contributed by atoms with E-state index in [-0.39, 0.29) is 18.6 Å². The highest BCUT2D eigenvalue weighted by atomic mass is 79.9. The number of anilines is 1. The van der Waals surface area contributed by atoms with Gasteiger partial charge in [-0.05, 0) is 55.8 Å². The van der Waals surface area contributed by atoms with Crippen molar-refractivity contribution in [2.24, 2.45) is 5.92 Å². The number of hydrogen-bond donors (Lipinski definition) is 1. The van der Waals surface area contributed by atoms with Gasteiger partial charge in [0, 0.05) is 28.7 Å². The highest BCUT2D eigenvalue weighted by Crippen LogP contribution is 2.34. The molecule has 1 N–H and O–H groups in total. The molecule has 2 aliphatic rings. The quantitative estimate of drug-likeness (QED) is 0.817. The van der Waals surface area contributed by atoms with Crippen LogP contribution < -0.4 is 14.8 Å². The van der Waals surface area contributed by atoms with Gasteiger partial charge in [0.05, 0.1) is 0 Å². The SMILES string of the molecule is O=C(Nc1ccc2c(c1)OCO2)C1CCN(Cc2ccc(Br)cc2)CC1. The summed E-state index contributed by atoms with van der Waals surface area (Å²) in [5.41, 5.74) is 2.06. The van der Waals surface area contributed by atoms with Crippen molar-refractivity contribution in [3.8, 4) is 11.5 Å². The van der Waals surface area contributed by atoms with Crippen molar-refractivity contribution in [1.29, 1.82) is 0 Å². The van der Waals surface area contributed by atoms with Crippen LogP contribution in [-0.2, 0) is 11.3 Å². The van der Waals surface area contributed by atoms with Gasteiger partial charge in [0.2, 0.25) is 12.7 Å². The number of carbonyl (C=O) groups is 1. The second kappa shape index (κ2) is 7.68. The molecule has 0 saturated carbocycles. The first kappa shape index (κ1) is 17.4. The molecule has 1 fully saturated rings. The Balaban J connectivity index is 1.28. The van der Waals surface area contributed by atoms with E-state index in [0.29, 0.717) is 5.75 Å². The van der Waals surface area contributed by atoms with E-state index in [2.05, 4.69) is 50.4 Å². The molecule has 0 aliphatic carbocycles. The van der Waals surface area contributed by atoms with Crippen LogP contribution in [0.4, 0.5) is 5.69 Å². The second-order valence-electron chi connectivity index (χ2n) is 6.73. The van der Waals surface area contributed by atoms with E-state index in [1.807, 2.05) is 18.2 Å². The summed E-state index contributed by atoms with van der Waals surface area (Å²) < 4.78 is 11.8. The highest BCUT2D eigenvalue weighted by molar-refractivity contribution is 9.10. The molecule has 4 rings (SSSR count). The van der Waals surface area contributed by atoms with E-state index in [1.54, 1.807) is 0 Å². The number of benzene rings is 2. The molecule has 0 atom stereocenters. The van der Waals surface area contributed by atoms with Crippen molar-refractivity contribution in [2.45, 2.75) is 19.4 Å². The molecule has 0 radical (unpaired) electrons. The van der Waals surface area contributed by atoms with Crippen molar-refractivity contribution in [2.75, 3.05) is 25.2 Å². The Bertz CT molecular complexity index is 786. The normalized spacial score (nSPS) is 17.3. The predicted octanol–water partition coefficient (Wildman–Crippen LogP) is 4.03. The van der Waals surface area contributed by atoms with E-state index in [9.17, 15) is 4.79 Å². The molecule has 2 heterocycles. The number of nitrogens with one attached hydrogen (secondary N) is 1. The minimum Gasteiger partial charge on any atom is -0.454 e. The van der Waals surface area contributed by atoms with Crippen LogP contribution >= 0.6 is 15.9 Å². The van der Waals surface area contributed by atoms with E-state index < -0.39 is 0 Å². The number of amides is 1. The Morgan fingerprint density at radius 1 is 1.08 bits per heavy atom. The van der Waals surface area contributed by atoms with Crippen LogP contribution in [-0.4, -0.2) is 30.7 Å². The van der Waals surface area contributed by atoms with Crippen LogP contribution in [0, 0.1) is 5.92 Å². The lowest BCUT2D eigenvalue weighted by atomic mass is 9.95. The Labute approximate surface area is 161 Å². The first-order valence-electron chi connectivity index (χ1n) is 8.85. The Hall–Kier alpha value is -2.05. The minimum atomic E-state index is 0.0570. The first-order valence-corrected chi connectivity index (χ1v) is 9.64. The topological polar surface area (TPSA) is 50.8 Å². The molecule has 0 unspecified atom stereocenters. The van der Waals surface area contributed by atoms with Gasteiger partial charge in [0.25, 0.3) is 0 Å². The van der Waals surface area contributed by atoms with E-state index in [4.69, 9.17) is 9.47 Å². The molecule has 136 valence electrons. The van der Waals surface area contributed by atoms with E-state index in [1.165, 1.54) is 5.56 Å². The summed E-state index contributed by atoms with van der Waals surface area (Å²) in [7, 11) is 0. The first-order chi connectivity index (χ1) is 12.7. The molecule has 26 heavy (non-hydrogen) atoms. The van der Waals surface area contributed by atoms with Crippen LogP contribution in [0.3, 0.4) is 0 Å². The van der Waals surface area contributed by atoms with Gasteiger partial charge in [-0.25, -0.2) is 0 Å². The third-order valence-corrected chi connectivity index (χ3v) is 5.45. The molecule has 1 amide bonds. The highest BCUT2D eigenvalue weighted by Gasteiger charge is 2.25. The maximum absolute atomic E-state index is 12.6. The fourth-order valence-electron chi connectivity index (χ4n) is 3.42. The summed E-state index contributed by atoms with van der Waals surface area (Å²) in [4.78, 5) is 15.0. The summed E-state index contributed by atoms with van der Waals surface area (Å²) in [5, 5.41) is 3.01. The largest absolute Gasteiger partial charge is 0.454 e. The lowest BCUT2D eigenvalue weighted by molar-refractivity contribution is -0.121. The minimum absolute atomic E-state index is 0.0570. The molecule has 2 aromatic rings. The van der Waals surface area contributed by atoms with E-state index in [0.717, 1.165) is 48.4 Å². The average Bonchev–Trinajstić information content (AvgIpc) is 3.12.